The molecule has 0 N–H and O–H groups in total. The van der Waals surface area contributed by atoms with Crippen molar-refractivity contribution in [3.05, 3.63) is 55.8 Å². The van der Waals surface area contributed by atoms with E-state index in [1.807, 2.05) is 18.2 Å². The van der Waals surface area contributed by atoms with Crippen LogP contribution in [0.3, 0.4) is 0 Å². The van der Waals surface area contributed by atoms with Gasteiger partial charge in [-0.2, -0.15) is 0 Å². The van der Waals surface area contributed by atoms with Gasteiger partial charge >= 0.3 is 33.9 Å². The molecule has 0 aliphatic heterocycles. The van der Waals surface area contributed by atoms with Crippen LogP contribution >= 0.6 is 0 Å². The van der Waals surface area contributed by atoms with Gasteiger partial charge in [0.15, 0.2) is 0 Å². The second-order valence-electron chi connectivity index (χ2n) is 1.65. The molecule has 3 nitrogen and oxygen atoms in total. The van der Waals surface area contributed by atoms with E-state index in [0.717, 1.165) is 0 Å². The van der Waals surface area contributed by atoms with Crippen LogP contribution in [0, 0.1) is 26.9 Å². The van der Waals surface area contributed by atoms with E-state index in [1.165, 1.54) is 5.56 Å². The fourth-order valence-electron chi connectivity index (χ4n) is 0.534. The molecule has 1 aromatic rings. The van der Waals surface area contributed by atoms with Crippen molar-refractivity contribution in [3.63, 3.8) is 0 Å². The summed E-state index contributed by atoms with van der Waals surface area (Å²) in [6.45, 7) is 15.6. The predicted molar refractivity (Wildman–Crippen MR) is 43.0 cm³/mol. The van der Waals surface area contributed by atoms with Crippen LogP contribution in [-0.4, -0.2) is 0 Å². The molecule has 0 spiro atoms. The Kier molecular flexibility index (Phi) is 48.9. The maximum Gasteiger partial charge on any atom is 0 e. The molecule has 1 radical (unpaired) electrons. The molecule has 0 heterocycles. The second kappa shape index (κ2) is 29.6. The summed E-state index contributed by atoms with van der Waals surface area (Å²) in [7, 11) is 0. The molecular formula is C10H8O3Re. The predicted octanol–water partition coefficient (Wildman–Crippen LogP) is 1.88. The third-order valence-electron chi connectivity index (χ3n) is 0.940. The molecule has 0 saturated heterocycles. The molecule has 0 aliphatic carbocycles. The van der Waals surface area contributed by atoms with Gasteiger partial charge in [0.05, 0.1) is 0 Å². The Labute approximate surface area is 97.3 Å². The Morgan fingerprint density at radius 1 is 0.786 bits per heavy atom. The maximum atomic E-state index is 7.50. The molecule has 0 atom stereocenters. The average Bonchev–Trinajstić information content (AvgIpc) is 2.28. The number of hydrogen-bond donors (Lipinski definition) is 0. The molecule has 0 unspecified atom stereocenters. The zero-order valence-corrected chi connectivity index (χ0v) is 10.2. The van der Waals surface area contributed by atoms with Gasteiger partial charge in [-0.3, -0.25) is 0 Å². The Bertz CT molecular complexity index is 224. The van der Waals surface area contributed by atoms with Gasteiger partial charge in [-0.15, -0.1) is 0 Å². The van der Waals surface area contributed by atoms with E-state index in [2.05, 4.69) is 39.0 Å². The van der Waals surface area contributed by atoms with Crippen molar-refractivity contribution >= 4 is 0 Å². The van der Waals surface area contributed by atoms with Crippen LogP contribution in [0.5, 0.6) is 0 Å². The molecule has 73 valence electrons. The molecule has 0 bridgehead atoms. The Hall–Kier alpha value is -0.898. The summed E-state index contributed by atoms with van der Waals surface area (Å²) in [6, 6.07) is 10.3. The van der Waals surface area contributed by atoms with Crippen molar-refractivity contribution in [2.24, 2.45) is 0 Å². The number of benzene rings is 1. The van der Waals surface area contributed by atoms with E-state index in [-0.39, 0.29) is 20.4 Å². The van der Waals surface area contributed by atoms with Gasteiger partial charge in [0.1, 0.15) is 0 Å². The topological polar surface area (TPSA) is 59.7 Å². The molecular weight excluding hydrogens is 354 g/mol. The minimum absolute atomic E-state index is 0. The fraction of sp³-hybridized carbons (Fsp3) is 0.100. The molecule has 0 fully saturated rings. The smallest absolute Gasteiger partial charge is 0 e. The van der Waals surface area contributed by atoms with Gasteiger partial charge in [0, 0.05) is 20.4 Å². The summed E-state index contributed by atoms with van der Waals surface area (Å²) in [5.74, 6) is 0. The summed E-state index contributed by atoms with van der Waals surface area (Å²) in [6.07, 6.45) is 0. The van der Waals surface area contributed by atoms with E-state index in [4.69, 9.17) is 14.0 Å². The molecule has 1 aromatic carbocycles. The van der Waals surface area contributed by atoms with E-state index >= 15 is 0 Å². The second-order valence-corrected chi connectivity index (χ2v) is 1.65. The molecule has 0 amide bonds. The average molecular weight is 362 g/mol. The van der Waals surface area contributed by atoms with Crippen molar-refractivity contribution in [1.82, 2.24) is 0 Å². The number of aryl methyl sites for hydroxylation is 1. The Morgan fingerprint density at radius 2 is 1.07 bits per heavy atom. The standard InChI is InChI=1S/C7H8.3CO.Re/c1-7-5-3-2-4-6-7;3*1-2;/h2-6H,1H3;;;;. The van der Waals surface area contributed by atoms with Gasteiger partial charge in [0.2, 0.25) is 0 Å². The first-order valence-electron chi connectivity index (χ1n) is 3.02. The van der Waals surface area contributed by atoms with Crippen LogP contribution in [0.2, 0.25) is 0 Å². The number of hydrogen-bond acceptors (Lipinski definition) is 0. The molecule has 14 heavy (non-hydrogen) atoms. The molecule has 0 aliphatic rings. The summed E-state index contributed by atoms with van der Waals surface area (Å²) in [4.78, 5) is 0. The van der Waals surface area contributed by atoms with Gasteiger partial charge in [-0.1, -0.05) is 35.9 Å². The van der Waals surface area contributed by atoms with Crippen LogP contribution in [0.1, 0.15) is 5.56 Å². The summed E-state index contributed by atoms with van der Waals surface area (Å²) < 4.78 is 22.5. The number of rotatable bonds is 0. The van der Waals surface area contributed by atoms with E-state index in [9.17, 15) is 0 Å². The maximum absolute atomic E-state index is 7.50. The van der Waals surface area contributed by atoms with Crippen molar-refractivity contribution in [2.45, 2.75) is 6.92 Å². The fourth-order valence-corrected chi connectivity index (χ4v) is 0.534. The van der Waals surface area contributed by atoms with Crippen LogP contribution in [0.25, 0.3) is 0 Å². The van der Waals surface area contributed by atoms with E-state index in [1.54, 1.807) is 0 Å². The third-order valence-corrected chi connectivity index (χ3v) is 0.940. The SMILES string of the molecule is Cc1ccccc1.[C-]#[O+].[C-]#[O+].[C-]#[O+].[Re]. The first-order chi connectivity index (χ1) is 6.39. The van der Waals surface area contributed by atoms with Gasteiger partial charge in [-0.25, -0.2) is 0 Å². The largest absolute Gasteiger partial charge is 0 e. The summed E-state index contributed by atoms with van der Waals surface area (Å²) in [5.41, 5.74) is 1.32. The van der Waals surface area contributed by atoms with Crippen LogP contribution < -0.4 is 0 Å². The zero-order chi connectivity index (χ0) is 11.1. The van der Waals surface area contributed by atoms with Crippen molar-refractivity contribution in [1.29, 1.82) is 0 Å². The molecule has 0 aromatic heterocycles. The Morgan fingerprint density at radius 3 is 1.21 bits per heavy atom. The molecule has 1 rings (SSSR count). The summed E-state index contributed by atoms with van der Waals surface area (Å²) in [5, 5.41) is 0. The summed E-state index contributed by atoms with van der Waals surface area (Å²) >= 11 is 0. The van der Waals surface area contributed by atoms with Gasteiger partial charge in [0.25, 0.3) is 0 Å². The minimum atomic E-state index is 0. The third kappa shape index (κ3) is 22.5. The van der Waals surface area contributed by atoms with Crippen LogP contribution in [0.15, 0.2) is 30.3 Å². The monoisotopic (exact) mass is 363 g/mol. The molecule has 4 heteroatoms. The first-order valence-corrected chi connectivity index (χ1v) is 3.02. The Balaban J connectivity index is -0.0000000625. The zero-order valence-electron chi connectivity index (χ0n) is 7.49. The normalized spacial score (nSPS) is 4.79. The van der Waals surface area contributed by atoms with Crippen LogP contribution in [0.4, 0.5) is 0 Å². The van der Waals surface area contributed by atoms with Gasteiger partial charge < -0.3 is 0 Å². The first kappa shape index (κ1) is 23.2. The van der Waals surface area contributed by atoms with Crippen molar-refractivity contribution in [2.75, 3.05) is 0 Å². The van der Waals surface area contributed by atoms with E-state index in [0.29, 0.717) is 0 Å². The van der Waals surface area contributed by atoms with Crippen molar-refractivity contribution in [3.8, 4) is 0 Å². The van der Waals surface area contributed by atoms with Crippen molar-refractivity contribution < 1.29 is 34.4 Å². The minimum Gasteiger partial charge on any atom is 0 e. The quantitative estimate of drug-likeness (QED) is 0.500. The van der Waals surface area contributed by atoms with Crippen LogP contribution in [-0.2, 0) is 34.4 Å². The van der Waals surface area contributed by atoms with E-state index < -0.39 is 0 Å². The van der Waals surface area contributed by atoms with Gasteiger partial charge in [-0.05, 0) is 6.92 Å². The molecule has 0 saturated carbocycles.